The molecule has 130 valence electrons. The third-order valence-corrected chi connectivity index (χ3v) is 6.29. The summed E-state index contributed by atoms with van der Waals surface area (Å²) in [5.41, 5.74) is 0.951. The zero-order valence-corrected chi connectivity index (χ0v) is 15.7. The summed E-state index contributed by atoms with van der Waals surface area (Å²) in [4.78, 5) is 12.0. The molecule has 1 aliphatic heterocycles. The van der Waals surface area contributed by atoms with E-state index in [2.05, 4.69) is 31.4 Å². The molecule has 0 radical (unpaired) electrons. The SMILES string of the molecule is Cc1[nH]nc(C(=O)NCCS(=O)(=O)N2C[C@@H](C)O[C@@H](C)C2)c1Br. The molecular formula is C13H21BrN4O4S. The number of aryl methyl sites for hydroxylation is 1. The molecule has 0 unspecified atom stereocenters. The Bertz CT molecular complexity index is 666. The molecule has 8 nitrogen and oxygen atoms in total. The summed E-state index contributed by atoms with van der Waals surface area (Å²) in [6.45, 7) is 6.17. The molecule has 0 bridgehead atoms. The van der Waals surface area contributed by atoms with Crippen molar-refractivity contribution < 1.29 is 17.9 Å². The number of nitrogens with zero attached hydrogens (tertiary/aromatic N) is 2. The van der Waals surface area contributed by atoms with E-state index in [9.17, 15) is 13.2 Å². The molecule has 1 aliphatic rings. The molecule has 23 heavy (non-hydrogen) atoms. The molecule has 2 atom stereocenters. The van der Waals surface area contributed by atoms with Gasteiger partial charge < -0.3 is 10.1 Å². The van der Waals surface area contributed by atoms with Gasteiger partial charge in [0.15, 0.2) is 5.69 Å². The second-order valence-corrected chi connectivity index (χ2v) is 8.54. The number of aromatic nitrogens is 2. The molecular weight excluding hydrogens is 388 g/mol. The summed E-state index contributed by atoms with van der Waals surface area (Å²) >= 11 is 3.26. The lowest BCUT2D eigenvalue weighted by molar-refractivity contribution is -0.0440. The number of nitrogens with one attached hydrogen (secondary N) is 2. The second kappa shape index (κ2) is 7.29. The maximum atomic E-state index is 12.4. The Hall–Kier alpha value is -0.970. The summed E-state index contributed by atoms with van der Waals surface area (Å²) in [5, 5.41) is 9.15. The lowest BCUT2D eigenvalue weighted by atomic mass is 10.3. The Morgan fingerprint density at radius 3 is 2.57 bits per heavy atom. The van der Waals surface area contributed by atoms with Crippen molar-refractivity contribution in [2.45, 2.75) is 33.0 Å². The number of ether oxygens (including phenoxy) is 1. The van der Waals surface area contributed by atoms with Crippen LogP contribution in [0, 0.1) is 6.92 Å². The van der Waals surface area contributed by atoms with Gasteiger partial charge in [0, 0.05) is 25.3 Å². The molecule has 0 aliphatic carbocycles. The monoisotopic (exact) mass is 408 g/mol. The number of carbonyl (C=O) groups is 1. The number of rotatable bonds is 5. The van der Waals surface area contributed by atoms with Crippen LogP contribution in [-0.4, -0.2) is 66.4 Å². The van der Waals surface area contributed by atoms with E-state index in [1.54, 1.807) is 6.92 Å². The number of halogens is 1. The Kier molecular flexibility index (Phi) is 5.82. The average molecular weight is 409 g/mol. The third kappa shape index (κ3) is 4.52. The maximum Gasteiger partial charge on any atom is 0.272 e. The van der Waals surface area contributed by atoms with Crippen LogP contribution in [0.4, 0.5) is 0 Å². The van der Waals surface area contributed by atoms with Gasteiger partial charge in [-0.15, -0.1) is 0 Å². The number of carbonyl (C=O) groups excluding carboxylic acids is 1. The number of hydrogen-bond donors (Lipinski definition) is 2. The maximum absolute atomic E-state index is 12.4. The Morgan fingerprint density at radius 1 is 1.43 bits per heavy atom. The molecule has 10 heteroatoms. The highest BCUT2D eigenvalue weighted by Gasteiger charge is 2.30. The summed E-state index contributed by atoms with van der Waals surface area (Å²) in [6.07, 6.45) is -0.266. The Morgan fingerprint density at radius 2 is 2.04 bits per heavy atom. The minimum Gasteiger partial charge on any atom is -0.373 e. The van der Waals surface area contributed by atoms with E-state index in [1.165, 1.54) is 4.31 Å². The van der Waals surface area contributed by atoms with E-state index in [0.29, 0.717) is 17.6 Å². The minimum atomic E-state index is -3.43. The average Bonchev–Trinajstić information content (AvgIpc) is 2.77. The molecule has 0 spiro atoms. The molecule has 1 fully saturated rings. The minimum absolute atomic E-state index is 0.0274. The van der Waals surface area contributed by atoms with Crippen molar-refractivity contribution in [1.82, 2.24) is 19.8 Å². The molecule has 1 saturated heterocycles. The molecule has 2 N–H and O–H groups in total. The van der Waals surface area contributed by atoms with E-state index < -0.39 is 15.9 Å². The van der Waals surface area contributed by atoms with E-state index in [0.717, 1.165) is 5.69 Å². The first-order valence-corrected chi connectivity index (χ1v) is 9.73. The lowest BCUT2D eigenvalue weighted by Crippen LogP contribution is -2.49. The van der Waals surface area contributed by atoms with Gasteiger partial charge >= 0.3 is 0 Å². The van der Waals surface area contributed by atoms with Gasteiger partial charge in [-0.05, 0) is 36.7 Å². The van der Waals surface area contributed by atoms with Gasteiger partial charge in [0.1, 0.15) is 0 Å². The van der Waals surface area contributed by atoms with Crippen molar-refractivity contribution in [3.05, 3.63) is 15.9 Å². The quantitative estimate of drug-likeness (QED) is 0.743. The van der Waals surface area contributed by atoms with Crippen molar-refractivity contribution in [1.29, 1.82) is 0 Å². The fraction of sp³-hybridized carbons (Fsp3) is 0.692. The highest BCUT2D eigenvalue weighted by atomic mass is 79.9. The van der Waals surface area contributed by atoms with E-state index in [1.807, 2.05) is 13.8 Å². The topological polar surface area (TPSA) is 104 Å². The van der Waals surface area contributed by atoms with Crippen LogP contribution in [0.3, 0.4) is 0 Å². The van der Waals surface area contributed by atoms with Crippen molar-refractivity contribution in [2.75, 3.05) is 25.4 Å². The second-order valence-electron chi connectivity index (χ2n) is 5.66. The fourth-order valence-corrected chi connectivity index (χ4v) is 4.28. The van der Waals surface area contributed by atoms with Gasteiger partial charge in [-0.1, -0.05) is 0 Å². The van der Waals surface area contributed by atoms with Crippen LogP contribution >= 0.6 is 15.9 Å². The van der Waals surface area contributed by atoms with Gasteiger partial charge in [0.25, 0.3) is 5.91 Å². The zero-order chi connectivity index (χ0) is 17.2. The van der Waals surface area contributed by atoms with Gasteiger partial charge in [-0.2, -0.15) is 9.40 Å². The molecule has 1 aromatic rings. The van der Waals surface area contributed by atoms with Crippen LogP contribution in [0.2, 0.25) is 0 Å². The van der Waals surface area contributed by atoms with E-state index in [4.69, 9.17) is 4.74 Å². The van der Waals surface area contributed by atoms with Gasteiger partial charge in [0.2, 0.25) is 10.0 Å². The molecule has 2 heterocycles. The van der Waals surface area contributed by atoms with Crippen molar-refractivity contribution >= 4 is 31.9 Å². The van der Waals surface area contributed by atoms with Gasteiger partial charge in [-0.3, -0.25) is 9.89 Å². The van der Waals surface area contributed by atoms with Crippen LogP contribution in [0.25, 0.3) is 0 Å². The number of morpholine rings is 1. The molecule has 1 amide bonds. The van der Waals surface area contributed by atoms with Crippen LogP contribution < -0.4 is 5.32 Å². The predicted molar refractivity (Wildman–Crippen MR) is 88.7 cm³/mol. The number of aromatic amines is 1. The fourth-order valence-electron chi connectivity index (χ4n) is 2.43. The highest BCUT2D eigenvalue weighted by molar-refractivity contribution is 9.10. The number of hydrogen-bond acceptors (Lipinski definition) is 5. The highest BCUT2D eigenvalue weighted by Crippen LogP contribution is 2.18. The van der Waals surface area contributed by atoms with Crippen molar-refractivity contribution in [3.8, 4) is 0 Å². The zero-order valence-electron chi connectivity index (χ0n) is 13.3. The van der Waals surface area contributed by atoms with Crippen LogP contribution in [0.1, 0.15) is 30.0 Å². The first-order chi connectivity index (χ1) is 10.7. The van der Waals surface area contributed by atoms with Gasteiger partial charge in [0.05, 0.1) is 22.4 Å². The third-order valence-electron chi connectivity index (χ3n) is 3.51. The Labute approximate surface area is 144 Å². The number of amides is 1. The summed E-state index contributed by atoms with van der Waals surface area (Å²) in [7, 11) is -3.43. The largest absolute Gasteiger partial charge is 0.373 e. The van der Waals surface area contributed by atoms with Crippen molar-refractivity contribution in [3.63, 3.8) is 0 Å². The standard InChI is InChI=1S/C13H21BrN4O4S/c1-8-6-18(7-9(2)22-8)23(20,21)5-4-15-13(19)12-11(14)10(3)16-17-12/h8-9H,4-7H2,1-3H3,(H,15,19)(H,16,17)/t8-,9+. The molecule has 1 aromatic heterocycles. The van der Waals surface area contributed by atoms with Crippen LogP contribution in [0.5, 0.6) is 0 Å². The molecule has 0 aromatic carbocycles. The normalized spacial score (nSPS) is 23.0. The molecule has 0 saturated carbocycles. The van der Waals surface area contributed by atoms with Crippen LogP contribution in [-0.2, 0) is 14.8 Å². The summed E-state index contributed by atoms with van der Waals surface area (Å²) in [6, 6.07) is 0. The first kappa shape index (κ1) is 18.4. The predicted octanol–water partition coefficient (Wildman–Crippen LogP) is 0.649. The Balaban J connectivity index is 1.90. The summed E-state index contributed by atoms with van der Waals surface area (Å²) < 4.78 is 32.2. The number of sulfonamides is 1. The first-order valence-electron chi connectivity index (χ1n) is 7.32. The molecule has 2 rings (SSSR count). The van der Waals surface area contributed by atoms with Gasteiger partial charge in [-0.25, -0.2) is 8.42 Å². The van der Waals surface area contributed by atoms with E-state index in [-0.39, 0.29) is 30.2 Å². The number of H-pyrrole nitrogens is 1. The lowest BCUT2D eigenvalue weighted by Gasteiger charge is -2.34. The van der Waals surface area contributed by atoms with E-state index >= 15 is 0 Å². The van der Waals surface area contributed by atoms with Crippen molar-refractivity contribution in [2.24, 2.45) is 0 Å². The smallest absolute Gasteiger partial charge is 0.272 e. The summed E-state index contributed by atoms with van der Waals surface area (Å²) in [5.74, 6) is -0.570. The van der Waals surface area contributed by atoms with Crippen LogP contribution in [0.15, 0.2) is 4.47 Å².